The second kappa shape index (κ2) is 6.12. The van der Waals surface area contributed by atoms with Crippen LogP contribution < -0.4 is 5.32 Å². The molecule has 1 atom stereocenters. The van der Waals surface area contributed by atoms with E-state index in [9.17, 15) is 0 Å². The number of thioether (sulfide) groups is 1. The minimum Gasteiger partial charge on any atom is -0.309 e. The molecular weight excluding hydrogens is 204 g/mol. The smallest absolute Gasteiger partial charge is 0.0304 e. The van der Waals surface area contributed by atoms with Crippen LogP contribution >= 0.6 is 11.8 Å². The zero-order chi connectivity index (χ0) is 11.3. The predicted octanol–water partition coefficient (Wildman–Crippen LogP) is 2.20. The average molecular weight is 230 g/mol. The molecular formula is C12H26N2S. The van der Waals surface area contributed by atoms with Gasteiger partial charge < -0.3 is 5.32 Å². The highest BCUT2D eigenvalue weighted by Crippen LogP contribution is 2.21. The molecule has 1 unspecified atom stereocenters. The van der Waals surface area contributed by atoms with E-state index in [4.69, 9.17) is 0 Å². The van der Waals surface area contributed by atoms with E-state index in [1.54, 1.807) is 0 Å². The molecule has 1 saturated heterocycles. The van der Waals surface area contributed by atoms with Gasteiger partial charge in [0.2, 0.25) is 0 Å². The van der Waals surface area contributed by atoms with Crippen molar-refractivity contribution < 1.29 is 0 Å². The summed E-state index contributed by atoms with van der Waals surface area (Å²) in [7, 11) is 0. The van der Waals surface area contributed by atoms with Crippen molar-refractivity contribution in [1.82, 2.24) is 10.2 Å². The predicted molar refractivity (Wildman–Crippen MR) is 70.7 cm³/mol. The van der Waals surface area contributed by atoms with Gasteiger partial charge in [-0.2, -0.15) is 11.8 Å². The number of piperazine rings is 1. The van der Waals surface area contributed by atoms with Gasteiger partial charge in [0.15, 0.2) is 0 Å². The third-order valence-corrected chi connectivity index (χ3v) is 4.68. The fraction of sp³-hybridized carbons (Fsp3) is 1.00. The number of nitrogens with one attached hydrogen (secondary N) is 1. The van der Waals surface area contributed by atoms with E-state index >= 15 is 0 Å². The SMILES string of the molecule is CCC1(CC)CN(CC(C)SC)CCN1. The summed E-state index contributed by atoms with van der Waals surface area (Å²) < 4.78 is 0. The first-order valence-electron chi connectivity index (χ1n) is 6.16. The van der Waals surface area contributed by atoms with Gasteiger partial charge in [-0.25, -0.2) is 0 Å². The van der Waals surface area contributed by atoms with Crippen LogP contribution in [0.15, 0.2) is 0 Å². The summed E-state index contributed by atoms with van der Waals surface area (Å²) >= 11 is 1.97. The summed E-state index contributed by atoms with van der Waals surface area (Å²) in [4.78, 5) is 2.63. The molecule has 0 aromatic heterocycles. The van der Waals surface area contributed by atoms with Crippen LogP contribution in [0, 0.1) is 0 Å². The lowest BCUT2D eigenvalue weighted by Crippen LogP contribution is -2.60. The molecule has 0 radical (unpaired) electrons. The molecule has 0 aliphatic carbocycles. The van der Waals surface area contributed by atoms with Crippen LogP contribution in [0.25, 0.3) is 0 Å². The van der Waals surface area contributed by atoms with Gasteiger partial charge in [-0.3, -0.25) is 4.90 Å². The Balaban J connectivity index is 2.47. The second-order valence-electron chi connectivity index (χ2n) is 4.70. The van der Waals surface area contributed by atoms with Gasteiger partial charge in [0, 0.05) is 37.0 Å². The van der Waals surface area contributed by atoms with Crippen molar-refractivity contribution in [3.8, 4) is 0 Å². The molecule has 1 heterocycles. The lowest BCUT2D eigenvalue weighted by molar-refractivity contribution is 0.125. The molecule has 1 N–H and O–H groups in total. The fourth-order valence-electron chi connectivity index (χ4n) is 2.36. The number of hydrogen-bond donors (Lipinski definition) is 1. The van der Waals surface area contributed by atoms with Gasteiger partial charge in [0.05, 0.1) is 0 Å². The summed E-state index contributed by atoms with van der Waals surface area (Å²) in [6.45, 7) is 11.8. The molecule has 0 aromatic rings. The molecule has 15 heavy (non-hydrogen) atoms. The Kier molecular flexibility index (Phi) is 5.44. The lowest BCUT2D eigenvalue weighted by atomic mass is 9.90. The maximum absolute atomic E-state index is 3.70. The molecule has 0 aromatic carbocycles. The summed E-state index contributed by atoms with van der Waals surface area (Å²) in [5.74, 6) is 0. The zero-order valence-corrected chi connectivity index (χ0v) is 11.5. The molecule has 2 nitrogen and oxygen atoms in total. The Hall–Kier alpha value is 0.270. The van der Waals surface area contributed by atoms with E-state index in [1.165, 1.54) is 32.5 Å². The maximum Gasteiger partial charge on any atom is 0.0304 e. The minimum atomic E-state index is 0.385. The first-order chi connectivity index (χ1) is 7.15. The third kappa shape index (κ3) is 3.65. The Morgan fingerprint density at radius 1 is 1.40 bits per heavy atom. The molecule has 3 heteroatoms. The van der Waals surface area contributed by atoms with Crippen molar-refractivity contribution in [2.75, 3.05) is 32.4 Å². The van der Waals surface area contributed by atoms with Crippen molar-refractivity contribution in [2.45, 2.75) is 44.4 Å². The van der Waals surface area contributed by atoms with Gasteiger partial charge in [-0.1, -0.05) is 20.8 Å². The third-order valence-electron chi connectivity index (χ3n) is 3.73. The van der Waals surface area contributed by atoms with E-state index in [-0.39, 0.29) is 0 Å². The molecule has 1 aliphatic rings. The van der Waals surface area contributed by atoms with Crippen LogP contribution in [0.5, 0.6) is 0 Å². The van der Waals surface area contributed by atoms with Crippen molar-refractivity contribution in [1.29, 1.82) is 0 Å². The van der Waals surface area contributed by atoms with Crippen molar-refractivity contribution in [3.05, 3.63) is 0 Å². The van der Waals surface area contributed by atoms with Crippen LogP contribution in [0.3, 0.4) is 0 Å². The molecule has 90 valence electrons. The van der Waals surface area contributed by atoms with Crippen LogP contribution in [0.4, 0.5) is 0 Å². The number of hydrogen-bond acceptors (Lipinski definition) is 3. The maximum atomic E-state index is 3.70. The Bertz CT molecular complexity index is 180. The molecule has 0 amide bonds. The zero-order valence-electron chi connectivity index (χ0n) is 10.7. The Morgan fingerprint density at radius 3 is 2.60 bits per heavy atom. The molecule has 1 fully saturated rings. The average Bonchev–Trinajstić information content (AvgIpc) is 2.29. The number of rotatable bonds is 5. The van der Waals surface area contributed by atoms with Crippen LogP contribution in [0.1, 0.15) is 33.6 Å². The largest absolute Gasteiger partial charge is 0.309 e. The molecule has 1 rings (SSSR count). The van der Waals surface area contributed by atoms with E-state index in [0.717, 1.165) is 11.8 Å². The summed E-state index contributed by atoms with van der Waals surface area (Å²) in [5.41, 5.74) is 0.385. The molecule has 0 spiro atoms. The summed E-state index contributed by atoms with van der Waals surface area (Å²) in [6, 6.07) is 0. The fourth-order valence-corrected chi connectivity index (χ4v) is 2.72. The van der Waals surface area contributed by atoms with E-state index in [0.29, 0.717) is 5.54 Å². The van der Waals surface area contributed by atoms with Crippen molar-refractivity contribution in [2.24, 2.45) is 0 Å². The van der Waals surface area contributed by atoms with Gasteiger partial charge in [-0.15, -0.1) is 0 Å². The molecule has 0 saturated carbocycles. The highest BCUT2D eigenvalue weighted by Gasteiger charge is 2.31. The summed E-state index contributed by atoms with van der Waals surface area (Å²) in [5, 5.41) is 4.46. The Labute approximate surface area is 99.2 Å². The highest BCUT2D eigenvalue weighted by atomic mass is 32.2. The van der Waals surface area contributed by atoms with Gasteiger partial charge in [0.25, 0.3) is 0 Å². The van der Waals surface area contributed by atoms with Crippen molar-refractivity contribution in [3.63, 3.8) is 0 Å². The Morgan fingerprint density at radius 2 is 2.07 bits per heavy atom. The monoisotopic (exact) mass is 230 g/mol. The van der Waals surface area contributed by atoms with Crippen LogP contribution in [-0.4, -0.2) is 48.1 Å². The summed E-state index contributed by atoms with van der Waals surface area (Å²) in [6.07, 6.45) is 4.70. The van der Waals surface area contributed by atoms with Gasteiger partial charge in [-0.05, 0) is 19.1 Å². The van der Waals surface area contributed by atoms with E-state index < -0.39 is 0 Å². The van der Waals surface area contributed by atoms with Gasteiger partial charge >= 0.3 is 0 Å². The quantitative estimate of drug-likeness (QED) is 0.779. The standard InChI is InChI=1S/C12H26N2S/c1-5-12(6-2)10-14(8-7-13-12)9-11(3)15-4/h11,13H,5-10H2,1-4H3. The second-order valence-corrected chi connectivity index (χ2v) is 5.97. The highest BCUT2D eigenvalue weighted by molar-refractivity contribution is 7.99. The molecule has 1 aliphatic heterocycles. The normalized spacial score (nSPS) is 24.0. The minimum absolute atomic E-state index is 0.385. The lowest BCUT2D eigenvalue weighted by Gasteiger charge is -2.43. The topological polar surface area (TPSA) is 15.3 Å². The van der Waals surface area contributed by atoms with Crippen LogP contribution in [0.2, 0.25) is 0 Å². The van der Waals surface area contributed by atoms with Gasteiger partial charge in [0.1, 0.15) is 0 Å². The van der Waals surface area contributed by atoms with Crippen LogP contribution in [-0.2, 0) is 0 Å². The van der Waals surface area contributed by atoms with E-state index in [2.05, 4.69) is 37.2 Å². The van der Waals surface area contributed by atoms with Crippen molar-refractivity contribution >= 4 is 11.8 Å². The molecule has 0 bridgehead atoms. The number of nitrogens with zero attached hydrogens (tertiary/aromatic N) is 1. The first kappa shape index (κ1) is 13.3. The van der Waals surface area contributed by atoms with E-state index in [1.807, 2.05) is 11.8 Å². The first-order valence-corrected chi connectivity index (χ1v) is 7.44.